The van der Waals surface area contributed by atoms with Crippen LogP contribution in [0.4, 0.5) is 0 Å². The molecule has 0 N–H and O–H groups in total. The molecule has 0 radical (unpaired) electrons. The lowest BCUT2D eigenvalue weighted by Gasteiger charge is -2.28. The fraction of sp³-hybridized carbons (Fsp3) is 0.333. The molecule has 2 aromatic rings. The molecule has 132 valence electrons. The fourth-order valence-electron chi connectivity index (χ4n) is 3.07. The molecule has 0 unspecified atom stereocenters. The number of hydrogen-bond donors (Lipinski definition) is 0. The maximum absolute atomic E-state index is 12.9. The van der Waals surface area contributed by atoms with E-state index >= 15 is 0 Å². The number of halogens is 2. The van der Waals surface area contributed by atoms with Crippen molar-refractivity contribution in [3.63, 3.8) is 0 Å². The standard InChI is InChI=1S/C18H18Cl2N2O2S/c1-21(11-12-5-2-6-13(19)16(12)20)17(23)14-7-3-9-22(14)18(24)15-8-4-10-25-15/h2,4-6,8,10,14H,3,7,9,11H2,1H3/t14-/m0/s1. The zero-order chi connectivity index (χ0) is 18.0. The Hall–Kier alpha value is -1.56. The second-order valence-electron chi connectivity index (χ2n) is 6.04. The van der Waals surface area contributed by atoms with Crippen LogP contribution in [0.5, 0.6) is 0 Å². The van der Waals surface area contributed by atoms with E-state index < -0.39 is 6.04 Å². The Morgan fingerprint density at radius 1 is 1.28 bits per heavy atom. The van der Waals surface area contributed by atoms with Gasteiger partial charge in [-0.2, -0.15) is 0 Å². The Labute approximate surface area is 160 Å². The molecule has 7 heteroatoms. The molecule has 1 fully saturated rings. The zero-order valence-corrected chi connectivity index (χ0v) is 16.1. The van der Waals surface area contributed by atoms with E-state index in [1.54, 1.807) is 29.0 Å². The van der Waals surface area contributed by atoms with Crippen molar-refractivity contribution >= 4 is 46.4 Å². The van der Waals surface area contributed by atoms with Crippen molar-refractivity contribution in [2.24, 2.45) is 0 Å². The van der Waals surface area contributed by atoms with Gasteiger partial charge in [0.25, 0.3) is 5.91 Å². The first kappa shape index (κ1) is 18.2. The van der Waals surface area contributed by atoms with Crippen molar-refractivity contribution < 1.29 is 9.59 Å². The molecule has 2 heterocycles. The number of thiophene rings is 1. The van der Waals surface area contributed by atoms with Gasteiger partial charge in [-0.3, -0.25) is 9.59 Å². The number of likely N-dealkylation sites (N-methyl/N-ethyl adjacent to an activating group) is 1. The Kier molecular flexibility index (Phi) is 5.67. The van der Waals surface area contributed by atoms with Gasteiger partial charge < -0.3 is 9.80 Å². The van der Waals surface area contributed by atoms with Gasteiger partial charge in [0, 0.05) is 20.1 Å². The van der Waals surface area contributed by atoms with Crippen LogP contribution in [0.2, 0.25) is 10.0 Å². The van der Waals surface area contributed by atoms with E-state index in [1.807, 2.05) is 23.6 Å². The molecule has 4 nitrogen and oxygen atoms in total. The summed E-state index contributed by atoms with van der Waals surface area (Å²) in [6.07, 6.45) is 1.52. The summed E-state index contributed by atoms with van der Waals surface area (Å²) in [5, 5.41) is 2.80. The third-order valence-corrected chi connectivity index (χ3v) is 6.06. The number of carbonyl (C=O) groups excluding carboxylic acids is 2. The van der Waals surface area contributed by atoms with Crippen molar-refractivity contribution in [2.45, 2.75) is 25.4 Å². The molecule has 1 atom stereocenters. The molecule has 0 aliphatic carbocycles. The van der Waals surface area contributed by atoms with Crippen LogP contribution in [-0.4, -0.2) is 41.2 Å². The predicted octanol–water partition coefficient (Wildman–Crippen LogP) is 4.32. The van der Waals surface area contributed by atoms with Gasteiger partial charge >= 0.3 is 0 Å². The highest BCUT2D eigenvalue weighted by Gasteiger charge is 2.36. The third-order valence-electron chi connectivity index (χ3n) is 4.35. The molecule has 0 saturated carbocycles. The van der Waals surface area contributed by atoms with E-state index in [0.29, 0.717) is 34.4 Å². The second-order valence-corrected chi connectivity index (χ2v) is 7.77. The average Bonchev–Trinajstić information content (AvgIpc) is 3.29. The van der Waals surface area contributed by atoms with Gasteiger partial charge in [0.2, 0.25) is 5.91 Å². The summed E-state index contributed by atoms with van der Waals surface area (Å²) in [4.78, 5) is 29.5. The molecule has 25 heavy (non-hydrogen) atoms. The van der Waals surface area contributed by atoms with Crippen LogP contribution >= 0.6 is 34.5 Å². The molecule has 1 saturated heterocycles. The number of rotatable bonds is 4. The Morgan fingerprint density at radius 3 is 2.80 bits per heavy atom. The Balaban J connectivity index is 1.72. The van der Waals surface area contributed by atoms with Gasteiger partial charge in [0.05, 0.1) is 14.9 Å². The molecule has 2 amide bonds. The van der Waals surface area contributed by atoms with E-state index in [1.165, 1.54) is 11.3 Å². The first-order chi connectivity index (χ1) is 12.0. The first-order valence-corrected chi connectivity index (χ1v) is 9.65. The van der Waals surface area contributed by atoms with Crippen LogP contribution in [-0.2, 0) is 11.3 Å². The first-order valence-electron chi connectivity index (χ1n) is 8.01. The number of hydrogen-bond acceptors (Lipinski definition) is 3. The number of amides is 2. The number of benzene rings is 1. The minimum absolute atomic E-state index is 0.0694. The molecule has 1 aliphatic rings. The van der Waals surface area contributed by atoms with Crippen molar-refractivity contribution in [3.8, 4) is 0 Å². The van der Waals surface area contributed by atoms with E-state index in [-0.39, 0.29) is 11.8 Å². The van der Waals surface area contributed by atoms with Crippen LogP contribution < -0.4 is 0 Å². The van der Waals surface area contributed by atoms with E-state index in [9.17, 15) is 9.59 Å². The van der Waals surface area contributed by atoms with Gasteiger partial charge in [0.1, 0.15) is 6.04 Å². The van der Waals surface area contributed by atoms with Crippen molar-refractivity contribution in [1.82, 2.24) is 9.80 Å². The maximum Gasteiger partial charge on any atom is 0.264 e. The SMILES string of the molecule is CN(Cc1cccc(Cl)c1Cl)C(=O)[C@@H]1CCCN1C(=O)c1cccs1. The normalized spacial score (nSPS) is 16.9. The number of likely N-dealkylation sites (tertiary alicyclic amines) is 1. The molecule has 0 spiro atoms. The van der Waals surface area contributed by atoms with Crippen LogP contribution in [0.25, 0.3) is 0 Å². The fourth-order valence-corrected chi connectivity index (χ4v) is 4.13. The Morgan fingerprint density at radius 2 is 2.08 bits per heavy atom. The largest absolute Gasteiger partial charge is 0.340 e. The van der Waals surface area contributed by atoms with Crippen LogP contribution in [0.15, 0.2) is 35.7 Å². The minimum Gasteiger partial charge on any atom is -0.340 e. The van der Waals surface area contributed by atoms with E-state index in [0.717, 1.165) is 12.0 Å². The summed E-state index contributed by atoms with van der Waals surface area (Å²) >= 11 is 13.7. The van der Waals surface area contributed by atoms with Gasteiger partial charge in [-0.25, -0.2) is 0 Å². The van der Waals surface area contributed by atoms with Crippen molar-refractivity contribution in [3.05, 3.63) is 56.2 Å². The summed E-state index contributed by atoms with van der Waals surface area (Å²) in [7, 11) is 1.73. The highest BCUT2D eigenvalue weighted by molar-refractivity contribution is 7.12. The lowest BCUT2D eigenvalue weighted by molar-refractivity contribution is -0.134. The smallest absolute Gasteiger partial charge is 0.264 e. The van der Waals surface area contributed by atoms with Crippen molar-refractivity contribution in [2.75, 3.05) is 13.6 Å². The van der Waals surface area contributed by atoms with Gasteiger partial charge in [0.15, 0.2) is 0 Å². The lowest BCUT2D eigenvalue weighted by Crippen LogP contribution is -2.46. The minimum atomic E-state index is -0.419. The maximum atomic E-state index is 12.9. The summed E-state index contributed by atoms with van der Waals surface area (Å²) in [6, 6.07) is 8.59. The van der Waals surface area contributed by atoms with Crippen LogP contribution in [0, 0.1) is 0 Å². The molecular formula is C18H18Cl2N2O2S. The molecule has 0 bridgehead atoms. The quantitative estimate of drug-likeness (QED) is 0.771. The second kappa shape index (κ2) is 7.77. The van der Waals surface area contributed by atoms with E-state index in [4.69, 9.17) is 23.2 Å². The monoisotopic (exact) mass is 396 g/mol. The van der Waals surface area contributed by atoms with E-state index in [2.05, 4.69) is 0 Å². The van der Waals surface area contributed by atoms with Crippen molar-refractivity contribution in [1.29, 1.82) is 0 Å². The van der Waals surface area contributed by atoms with Gasteiger partial charge in [-0.15, -0.1) is 11.3 Å². The molecule has 3 rings (SSSR count). The van der Waals surface area contributed by atoms with Gasteiger partial charge in [-0.05, 0) is 35.9 Å². The highest BCUT2D eigenvalue weighted by Crippen LogP contribution is 2.28. The summed E-state index contributed by atoms with van der Waals surface area (Å²) < 4.78 is 0. The third kappa shape index (κ3) is 3.84. The van der Waals surface area contributed by atoms with Crippen LogP contribution in [0.1, 0.15) is 28.1 Å². The highest BCUT2D eigenvalue weighted by atomic mass is 35.5. The Bertz CT molecular complexity index is 779. The molecule has 1 aliphatic heterocycles. The number of nitrogens with zero attached hydrogens (tertiary/aromatic N) is 2. The predicted molar refractivity (Wildman–Crippen MR) is 101 cm³/mol. The zero-order valence-electron chi connectivity index (χ0n) is 13.7. The number of carbonyl (C=O) groups is 2. The lowest BCUT2D eigenvalue weighted by atomic mass is 10.1. The molecule has 1 aromatic carbocycles. The average molecular weight is 397 g/mol. The summed E-state index contributed by atoms with van der Waals surface area (Å²) in [5.74, 6) is -0.140. The summed E-state index contributed by atoms with van der Waals surface area (Å²) in [6.45, 7) is 0.967. The topological polar surface area (TPSA) is 40.6 Å². The summed E-state index contributed by atoms with van der Waals surface area (Å²) in [5.41, 5.74) is 0.791. The van der Waals surface area contributed by atoms with Crippen LogP contribution in [0.3, 0.4) is 0 Å². The molecule has 1 aromatic heterocycles. The van der Waals surface area contributed by atoms with Gasteiger partial charge in [-0.1, -0.05) is 41.4 Å². The molecular weight excluding hydrogens is 379 g/mol.